The molecule has 36 heavy (non-hydrogen) atoms. The van der Waals surface area contributed by atoms with E-state index in [1.165, 1.54) is 11.0 Å². The van der Waals surface area contributed by atoms with E-state index >= 15 is 0 Å². The molecule has 2 aromatic heterocycles. The SMILES string of the molecule is CC(=O)N1CCCN(c2cc(-n3nc(Nc4ccc(NC(=O)OC(C)C)cc4)nc3N)ncn2)CC1. The predicted molar refractivity (Wildman–Crippen MR) is 135 cm³/mol. The maximum atomic E-state index is 11.7. The van der Waals surface area contributed by atoms with E-state index < -0.39 is 6.09 Å². The molecule has 1 saturated heterocycles. The van der Waals surface area contributed by atoms with Crippen LogP contribution in [0.2, 0.25) is 0 Å². The summed E-state index contributed by atoms with van der Waals surface area (Å²) in [5.74, 6) is 1.74. The van der Waals surface area contributed by atoms with E-state index in [0.29, 0.717) is 36.2 Å². The van der Waals surface area contributed by atoms with E-state index in [4.69, 9.17) is 10.5 Å². The summed E-state index contributed by atoms with van der Waals surface area (Å²) in [6.45, 7) is 7.98. The minimum absolute atomic E-state index is 0.0789. The summed E-state index contributed by atoms with van der Waals surface area (Å²) in [5, 5.41) is 10.2. The maximum absolute atomic E-state index is 11.7. The fourth-order valence-electron chi connectivity index (χ4n) is 3.76. The Labute approximate surface area is 208 Å². The van der Waals surface area contributed by atoms with Crippen LogP contribution >= 0.6 is 0 Å². The van der Waals surface area contributed by atoms with Crippen molar-refractivity contribution in [1.29, 1.82) is 0 Å². The second kappa shape index (κ2) is 10.9. The molecule has 3 aromatic rings. The van der Waals surface area contributed by atoms with Crippen LogP contribution in [0.3, 0.4) is 0 Å². The number of hydrogen-bond acceptors (Lipinski definition) is 10. The molecular formula is C23H30N10O3. The number of ether oxygens (including phenoxy) is 1. The summed E-state index contributed by atoms with van der Waals surface area (Å²) < 4.78 is 6.51. The van der Waals surface area contributed by atoms with Crippen LogP contribution in [0, 0.1) is 0 Å². The van der Waals surface area contributed by atoms with Gasteiger partial charge in [-0.3, -0.25) is 10.1 Å². The first-order chi connectivity index (χ1) is 17.3. The van der Waals surface area contributed by atoms with Crippen LogP contribution in [0.4, 0.5) is 33.9 Å². The molecule has 1 aliphatic heterocycles. The lowest BCUT2D eigenvalue weighted by Gasteiger charge is -2.22. The Balaban J connectivity index is 1.43. The fourth-order valence-corrected chi connectivity index (χ4v) is 3.76. The van der Waals surface area contributed by atoms with E-state index in [-0.39, 0.29) is 18.0 Å². The predicted octanol–water partition coefficient (Wildman–Crippen LogP) is 2.40. The van der Waals surface area contributed by atoms with Gasteiger partial charge < -0.3 is 25.6 Å². The van der Waals surface area contributed by atoms with Crippen LogP contribution in [0.1, 0.15) is 27.2 Å². The first-order valence-corrected chi connectivity index (χ1v) is 11.7. The third kappa shape index (κ3) is 6.17. The molecule has 1 aromatic carbocycles. The van der Waals surface area contributed by atoms with Crippen LogP contribution in [0.5, 0.6) is 0 Å². The molecule has 1 aliphatic rings. The highest BCUT2D eigenvalue weighted by Gasteiger charge is 2.19. The summed E-state index contributed by atoms with van der Waals surface area (Å²) in [5.41, 5.74) is 7.42. The number of benzene rings is 1. The average molecular weight is 495 g/mol. The quantitative estimate of drug-likeness (QED) is 0.465. The Morgan fingerprint density at radius 1 is 1.03 bits per heavy atom. The van der Waals surface area contributed by atoms with Gasteiger partial charge >= 0.3 is 6.09 Å². The maximum Gasteiger partial charge on any atom is 0.411 e. The zero-order valence-electron chi connectivity index (χ0n) is 20.5. The van der Waals surface area contributed by atoms with Gasteiger partial charge in [-0.25, -0.2) is 14.8 Å². The van der Waals surface area contributed by atoms with Gasteiger partial charge in [0.1, 0.15) is 12.1 Å². The summed E-state index contributed by atoms with van der Waals surface area (Å²) >= 11 is 0. The normalized spacial score (nSPS) is 13.9. The number of aromatic nitrogens is 5. The summed E-state index contributed by atoms with van der Waals surface area (Å²) in [6.07, 6.45) is 1.60. The molecule has 13 heteroatoms. The Kier molecular flexibility index (Phi) is 7.47. The largest absolute Gasteiger partial charge is 0.447 e. The van der Waals surface area contributed by atoms with Gasteiger partial charge in [0.15, 0.2) is 5.82 Å². The number of rotatable bonds is 6. The molecule has 4 N–H and O–H groups in total. The second-order valence-corrected chi connectivity index (χ2v) is 8.57. The third-order valence-corrected chi connectivity index (χ3v) is 5.48. The number of nitrogens with two attached hydrogens (primary N) is 1. The molecule has 0 saturated carbocycles. The van der Waals surface area contributed by atoms with E-state index in [1.807, 2.05) is 4.90 Å². The van der Waals surface area contributed by atoms with Gasteiger partial charge in [0.25, 0.3) is 0 Å². The van der Waals surface area contributed by atoms with Crippen molar-refractivity contribution in [1.82, 2.24) is 29.6 Å². The van der Waals surface area contributed by atoms with Crippen LogP contribution in [0.25, 0.3) is 5.82 Å². The van der Waals surface area contributed by atoms with Gasteiger partial charge in [0.05, 0.1) is 6.10 Å². The number of carbonyl (C=O) groups excluding carboxylic acids is 2. The number of anilines is 5. The number of hydrogen-bond donors (Lipinski definition) is 3. The van der Waals surface area contributed by atoms with Crippen molar-refractivity contribution in [2.45, 2.75) is 33.3 Å². The first-order valence-electron chi connectivity index (χ1n) is 11.7. The molecule has 4 rings (SSSR count). The highest BCUT2D eigenvalue weighted by atomic mass is 16.6. The van der Waals surface area contributed by atoms with E-state index in [1.54, 1.807) is 51.1 Å². The van der Waals surface area contributed by atoms with Crippen molar-refractivity contribution < 1.29 is 14.3 Å². The van der Waals surface area contributed by atoms with Crippen LogP contribution < -0.4 is 21.3 Å². The Morgan fingerprint density at radius 2 is 1.75 bits per heavy atom. The lowest BCUT2D eigenvalue weighted by atomic mass is 10.3. The molecule has 13 nitrogen and oxygen atoms in total. The Hall–Kier alpha value is -4.42. The van der Waals surface area contributed by atoms with Gasteiger partial charge in [0, 0.05) is 50.5 Å². The van der Waals surface area contributed by atoms with Gasteiger partial charge in [-0.1, -0.05) is 0 Å². The van der Waals surface area contributed by atoms with Crippen molar-refractivity contribution >= 4 is 41.1 Å². The minimum atomic E-state index is -0.514. The number of carbonyl (C=O) groups is 2. The summed E-state index contributed by atoms with van der Waals surface area (Å²) in [7, 11) is 0. The summed E-state index contributed by atoms with van der Waals surface area (Å²) in [4.78, 5) is 40.4. The molecule has 3 heterocycles. The van der Waals surface area contributed by atoms with Crippen molar-refractivity contribution in [2.75, 3.05) is 47.4 Å². The first kappa shape index (κ1) is 24.7. The lowest BCUT2D eigenvalue weighted by Crippen LogP contribution is -2.33. The Bertz CT molecular complexity index is 1210. The topological polar surface area (TPSA) is 156 Å². The smallest absolute Gasteiger partial charge is 0.411 e. The zero-order valence-corrected chi connectivity index (χ0v) is 20.5. The second-order valence-electron chi connectivity index (χ2n) is 8.57. The lowest BCUT2D eigenvalue weighted by molar-refractivity contribution is -0.128. The molecule has 0 unspecified atom stereocenters. The molecule has 0 spiro atoms. The van der Waals surface area contributed by atoms with Gasteiger partial charge in [0.2, 0.25) is 17.8 Å². The van der Waals surface area contributed by atoms with Gasteiger partial charge in [-0.15, -0.1) is 5.10 Å². The van der Waals surface area contributed by atoms with E-state index in [9.17, 15) is 9.59 Å². The number of nitrogens with zero attached hydrogens (tertiary/aromatic N) is 7. The summed E-state index contributed by atoms with van der Waals surface area (Å²) in [6, 6.07) is 8.81. The van der Waals surface area contributed by atoms with Crippen molar-refractivity contribution in [2.24, 2.45) is 0 Å². The van der Waals surface area contributed by atoms with Crippen molar-refractivity contribution in [3.63, 3.8) is 0 Å². The van der Waals surface area contributed by atoms with Crippen LogP contribution in [0.15, 0.2) is 36.7 Å². The monoisotopic (exact) mass is 494 g/mol. The molecule has 0 bridgehead atoms. The van der Waals surface area contributed by atoms with E-state index in [2.05, 4.69) is 35.6 Å². The molecule has 0 atom stereocenters. The van der Waals surface area contributed by atoms with Crippen LogP contribution in [-0.4, -0.2) is 73.9 Å². The molecule has 0 aliphatic carbocycles. The van der Waals surface area contributed by atoms with Gasteiger partial charge in [-0.05, 0) is 44.5 Å². The molecular weight excluding hydrogens is 464 g/mol. The zero-order chi connectivity index (χ0) is 25.7. The number of nitrogen functional groups attached to an aromatic ring is 1. The number of amides is 2. The third-order valence-electron chi connectivity index (χ3n) is 5.48. The molecule has 1 fully saturated rings. The molecule has 190 valence electrons. The van der Waals surface area contributed by atoms with Crippen molar-refractivity contribution in [3.05, 3.63) is 36.7 Å². The van der Waals surface area contributed by atoms with Gasteiger partial charge in [-0.2, -0.15) is 9.67 Å². The standard InChI is InChI=1S/C23H30N10O3/c1-15(2)36-23(35)28-18-7-5-17(6-8-18)27-22-29-21(24)33(30-22)20-13-19(25-14-26-20)32-10-4-9-31(11-12-32)16(3)34/h5-8,13-15H,4,9-12H2,1-3H3,(H,28,35)(H3,24,27,29,30). The number of nitrogens with one attached hydrogen (secondary N) is 2. The fraction of sp³-hybridized carbons (Fsp3) is 0.391. The van der Waals surface area contributed by atoms with E-state index in [0.717, 1.165) is 25.3 Å². The molecule has 0 radical (unpaired) electrons. The van der Waals surface area contributed by atoms with Crippen LogP contribution in [-0.2, 0) is 9.53 Å². The highest BCUT2D eigenvalue weighted by molar-refractivity contribution is 5.85. The Morgan fingerprint density at radius 3 is 2.47 bits per heavy atom. The molecule has 2 amide bonds. The highest BCUT2D eigenvalue weighted by Crippen LogP contribution is 2.21. The van der Waals surface area contributed by atoms with Crippen molar-refractivity contribution in [3.8, 4) is 5.82 Å². The minimum Gasteiger partial charge on any atom is -0.447 e. The average Bonchev–Trinajstić information content (AvgIpc) is 3.03.